The predicted octanol–water partition coefficient (Wildman–Crippen LogP) is 0.509. The Hall–Kier alpha value is -0.743. The van der Waals surface area contributed by atoms with Crippen molar-refractivity contribution in [2.24, 2.45) is 0 Å². The summed E-state index contributed by atoms with van der Waals surface area (Å²) in [6.45, 7) is 0. The first-order valence-corrected chi connectivity index (χ1v) is 5.08. The fourth-order valence-electron chi connectivity index (χ4n) is 1.06. The first-order valence-electron chi connectivity index (χ1n) is 3.36. The molecule has 11 heavy (non-hydrogen) atoms. The smallest absolute Gasteiger partial charge is 0.276 e. The van der Waals surface area contributed by atoms with Gasteiger partial charge in [-0.25, -0.2) is 0 Å². The molecule has 0 spiro atoms. The molecule has 0 fully saturated rings. The highest BCUT2D eigenvalue weighted by Gasteiger charge is 2.24. The summed E-state index contributed by atoms with van der Waals surface area (Å²) in [6.07, 6.45) is 1.90. The third kappa shape index (κ3) is 1.46. The number of methoxy groups -OCH3 is 2. The highest BCUT2D eigenvalue weighted by molar-refractivity contribution is 6.66. The fourth-order valence-corrected chi connectivity index (χ4v) is 2.68. The van der Waals surface area contributed by atoms with Crippen molar-refractivity contribution in [2.45, 2.75) is 0 Å². The highest BCUT2D eigenvalue weighted by atomic mass is 28.3. The maximum absolute atomic E-state index is 5.24. The van der Waals surface area contributed by atoms with Crippen LogP contribution in [-0.2, 0) is 13.9 Å². The van der Waals surface area contributed by atoms with Gasteiger partial charge in [0.2, 0.25) is 0 Å². The predicted molar refractivity (Wildman–Crippen MR) is 44.3 cm³/mol. The second kappa shape index (κ2) is 3.59. The van der Waals surface area contributed by atoms with E-state index in [9.17, 15) is 0 Å². The van der Waals surface area contributed by atoms with Crippen LogP contribution in [0, 0.1) is 0 Å². The van der Waals surface area contributed by atoms with E-state index < -0.39 is 9.04 Å². The topological polar surface area (TPSA) is 27.7 Å². The third-order valence-electron chi connectivity index (χ3n) is 1.62. The molecular weight excluding hydrogens is 160 g/mol. The van der Waals surface area contributed by atoms with Crippen LogP contribution in [-0.4, -0.2) is 30.4 Å². The molecule has 1 aliphatic rings. The molecule has 1 atom stereocenters. The van der Waals surface area contributed by atoms with E-state index in [0.717, 1.165) is 11.1 Å². The van der Waals surface area contributed by atoms with Crippen LogP contribution in [0.25, 0.3) is 0 Å². The lowest BCUT2D eigenvalue weighted by Crippen LogP contribution is -2.16. The summed E-state index contributed by atoms with van der Waals surface area (Å²) in [4.78, 5) is 0. The van der Waals surface area contributed by atoms with Gasteiger partial charge in [-0.15, -0.1) is 0 Å². The Morgan fingerprint density at radius 2 is 1.91 bits per heavy atom. The van der Waals surface area contributed by atoms with Crippen LogP contribution < -0.4 is 0 Å². The van der Waals surface area contributed by atoms with Crippen molar-refractivity contribution in [3.05, 3.63) is 22.9 Å². The van der Waals surface area contributed by atoms with Crippen molar-refractivity contribution in [3.63, 3.8) is 0 Å². The molecule has 1 aliphatic heterocycles. The molecule has 0 saturated carbocycles. The van der Waals surface area contributed by atoms with Gasteiger partial charge in [0.05, 0.1) is 14.2 Å². The van der Waals surface area contributed by atoms with E-state index in [1.165, 1.54) is 0 Å². The van der Waals surface area contributed by atoms with Crippen LogP contribution in [0.5, 0.6) is 0 Å². The van der Waals surface area contributed by atoms with Crippen molar-refractivity contribution < 1.29 is 13.9 Å². The van der Waals surface area contributed by atoms with Gasteiger partial charge in [0.15, 0.2) is 5.76 Å². The summed E-state index contributed by atoms with van der Waals surface area (Å²) in [7, 11) is 3.56. The van der Waals surface area contributed by atoms with Crippen LogP contribution >= 0.6 is 0 Å². The maximum Gasteiger partial charge on any atom is 0.276 e. The Morgan fingerprint density at radius 3 is 2.36 bits per heavy atom. The fraction of sp³-hybridized carbons (Fsp3) is 0.429. The highest BCUT2D eigenvalue weighted by Crippen LogP contribution is 2.19. The summed E-state index contributed by atoms with van der Waals surface area (Å²) >= 11 is 0. The van der Waals surface area contributed by atoms with Crippen molar-refractivity contribution in [3.8, 4) is 0 Å². The van der Waals surface area contributed by atoms with E-state index in [1.54, 1.807) is 21.3 Å². The molecule has 1 heterocycles. The van der Waals surface area contributed by atoms with E-state index in [1.807, 2.05) is 11.8 Å². The van der Waals surface area contributed by atoms with Crippen LogP contribution in [0.1, 0.15) is 0 Å². The second-order valence-corrected chi connectivity index (χ2v) is 4.37. The molecular formula is C7H12O3Si. The molecule has 1 unspecified atom stereocenters. The maximum atomic E-state index is 5.24. The van der Waals surface area contributed by atoms with Gasteiger partial charge in [-0.1, -0.05) is 5.70 Å². The molecule has 0 aliphatic carbocycles. The Morgan fingerprint density at radius 1 is 1.18 bits per heavy atom. The molecule has 1 rings (SSSR count). The zero-order valence-electron chi connectivity index (χ0n) is 6.96. The van der Waals surface area contributed by atoms with Crippen molar-refractivity contribution in [1.29, 1.82) is 0 Å². The standard InChI is InChI=1S/C7H12O3Si/c1-8-6-4-5-11(10-3)7(6)9-2/h4-5,11H,1-3H3. The summed E-state index contributed by atoms with van der Waals surface area (Å²) in [5, 5.41) is 0.870. The van der Waals surface area contributed by atoms with Gasteiger partial charge < -0.3 is 13.9 Å². The Bertz CT molecular complexity index is 198. The number of allylic oxidation sites excluding steroid dienone is 1. The van der Waals surface area contributed by atoms with Crippen molar-refractivity contribution >= 4 is 9.04 Å². The van der Waals surface area contributed by atoms with Gasteiger partial charge >= 0.3 is 0 Å². The van der Waals surface area contributed by atoms with E-state index in [0.29, 0.717) is 0 Å². The third-order valence-corrected chi connectivity index (χ3v) is 3.70. The summed E-state index contributed by atoms with van der Waals surface area (Å²) < 4.78 is 15.5. The van der Waals surface area contributed by atoms with E-state index in [2.05, 4.69) is 0 Å². The molecule has 0 radical (unpaired) electrons. The molecule has 3 nitrogen and oxygen atoms in total. The van der Waals surface area contributed by atoms with Gasteiger partial charge in [-0.2, -0.15) is 0 Å². The first kappa shape index (κ1) is 8.35. The van der Waals surface area contributed by atoms with Crippen LogP contribution in [0.2, 0.25) is 0 Å². The molecule has 0 saturated heterocycles. The molecule has 0 aromatic carbocycles. The second-order valence-electron chi connectivity index (χ2n) is 2.15. The Kier molecular flexibility index (Phi) is 2.73. The largest absolute Gasteiger partial charge is 0.499 e. The molecule has 0 aromatic heterocycles. The van der Waals surface area contributed by atoms with Crippen LogP contribution in [0.15, 0.2) is 22.9 Å². The van der Waals surface area contributed by atoms with Crippen molar-refractivity contribution in [2.75, 3.05) is 21.3 Å². The van der Waals surface area contributed by atoms with Gasteiger partial charge in [-0.3, -0.25) is 0 Å². The molecule has 0 bridgehead atoms. The summed E-state index contributed by atoms with van der Waals surface area (Å²) in [5.74, 6) is 0.797. The molecule has 0 aromatic rings. The normalized spacial score (nSPS) is 22.6. The minimum atomic E-state index is -1.40. The minimum absolute atomic E-state index is 0.797. The lowest BCUT2D eigenvalue weighted by molar-refractivity contribution is 0.244. The van der Waals surface area contributed by atoms with Crippen LogP contribution in [0.4, 0.5) is 0 Å². The Balaban J connectivity index is 2.77. The minimum Gasteiger partial charge on any atom is -0.499 e. The van der Waals surface area contributed by atoms with E-state index in [-0.39, 0.29) is 0 Å². The van der Waals surface area contributed by atoms with E-state index >= 15 is 0 Å². The number of ether oxygens (including phenoxy) is 2. The molecule has 4 heteroatoms. The zero-order chi connectivity index (χ0) is 8.27. The van der Waals surface area contributed by atoms with Gasteiger partial charge in [0, 0.05) is 7.11 Å². The van der Waals surface area contributed by atoms with Crippen molar-refractivity contribution in [1.82, 2.24) is 0 Å². The summed E-state index contributed by atoms with van der Waals surface area (Å²) in [5.41, 5.74) is 2.03. The SMILES string of the molecule is COC1=C(OC)[SiH](OC)C=C1. The molecule has 62 valence electrons. The zero-order valence-corrected chi connectivity index (χ0v) is 8.11. The number of rotatable bonds is 3. The average Bonchev–Trinajstić information content (AvgIpc) is 2.45. The lowest BCUT2D eigenvalue weighted by atomic mass is 10.5. The average molecular weight is 172 g/mol. The number of hydrogen-bond acceptors (Lipinski definition) is 3. The monoisotopic (exact) mass is 172 g/mol. The van der Waals surface area contributed by atoms with Gasteiger partial charge in [0.25, 0.3) is 9.04 Å². The van der Waals surface area contributed by atoms with Gasteiger partial charge in [-0.05, 0) is 6.08 Å². The van der Waals surface area contributed by atoms with Gasteiger partial charge in [0.1, 0.15) is 5.38 Å². The van der Waals surface area contributed by atoms with E-state index in [4.69, 9.17) is 13.9 Å². The van der Waals surface area contributed by atoms with Crippen LogP contribution in [0.3, 0.4) is 0 Å². The Labute approximate surface area is 68.0 Å². The lowest BCUT2D eigenvalue weighted by Gasteiger charge is -2.09. The first-order chi connectivity index (χ1) is 5.33. The molecule has 0 N–H and O–H groups in total. The number of hydrogen-bond donors (Lipinski definition) is 0. The molecule has 0 amide bonds. The summed E-state index contributed by atoms with van der Waals surface area (Å²) in [6, 6.07) is 0. The quantitative estimate of drug-likeness (QED) is 0.580.